The normalized spacial score (nSPS) is 15.1. The van der Waals surface area contributed by atoms with E-state index < -0.39 is 10.0 Å². The van der Waals surface area contributed by atoms with Gasteiger partial charge in [-0.2, -0.15) is 12.8 Å². The molecule has 0 saturated heterocycles. The number of hydrogen-bond acceptors (Lipinski definition) is 4. The maximum atomic E-state index is 12.3. The van der Waals surface area contributed by atoms with Gasteiger partial charge in [-0.25, -0.2) is 4.99 Å². The second kappa shape index (κ2) is 4.35. The number of sulfonamides is 1. The van der Waals surface area contributed by atoms with Crippen LogP contribution in [-0.4, -0.2) is 14.2 Å². The molecule has 1 heterocycles. The van der Waals surface area contributed by atoms with Crippen LogP contribution in [0, 0.1) is 0 Å². The van der Waals surface area contributed by atoms with Gasteiger partial charge in [0, 0.05) is 5.56 Å². The summed E-state index contributed by atoms with van der Waals surface area (Å²) in [5.41, 5.74) is 0.437. The SMILES string of the molecule is CC(=O)c1cccc2c1N=c1ccccc1=NS2(=O)=O. The van der Waals surface area contributed by atoms with Crippen LogP contribution in [0.4, 0.5) is 5.69 Å². The van der Waals surface area contributed by atoms with Gasteiger partial charge in [0.1, 0.15) is 10.3 Å². The zero-order valence-electron chi connectivity index (χ0n) is 10.6. The molecule has 1 aliphatic rings. The molecule has 100 valence electrons. The molecular formula is C14H10N2O3S. The number of ketones is 1. The second-order valence-electron chi connectivity index (χ2n) is 4.38. The predicted molar refractivity (Wildman–Crippen MR) is 72.0 cm³/mol. The highest BCUT2D eigenvalue weighted by atomic mass is 32.2. The van der Waals surface area contributed by atoms with Crippen molar-refractivity contribution in [2.75, 3.05) is 0 Å². The Balaban J connectivity index is 2.55. The molecule has 3 rings (SSSR count). The van der Waals surface area contributed by atoms with Crippen LogP contribution in [0.3, 0.4) is 0 Å². The average Bonchev–Trinajstić information content (AvgIpc) is 2.51. The van der Waals surface area contributed by atoms with Crippen molar-refractivity contribution in [1.29, 1.82) is 0 Å². The third-order valence-electron chi connectivity index (χ3n) is 2.99. The van der Waals surface area contributed by atoms with E-state index in [0.717, 1.165) is 0 Å². The quantitative estimate of drug-likeness (QED) is 0.738. The zero-order valence-corrected chi connectivity index (χ0v) is 11.4. The lowest BCUT2D eigenvalue weighted by Gasteiger charge is -2.05. The molecule has 0 saturated carbocycles. The monoisotopic (exact) mass is 286 g/mol. The number of benzene rings is 2. The van der Waals surface area contributed by atoms with Crippen LogP contribution in [0.5, 0.6) is 0 Å². The minimum absolute atomic E-state index is 0.0404. The van der Waals surface area contributed by atoms with Gasteiger partial charge in [-0.05, 0) is 31.2 Å². The maximum Gasteiger partial charge on any atom is 0.285 e. The molecule has 2 aromatic rings. The molecule has 2 aromatic carbocycles. The summed E-state index contributed by atoms with van der Waals surface area (Å²) < 4.78 is 28.4. The third kappa shape index (κ3) is 1.94. The van der Waals surface area contributed by atoms with Gasteiger partial charge in [-0.15, -0.1) is 0 Å². The smallest absolute Gasteiger partial charge is 0.285 e. The molecule has 0 aliphatic carbocycles. The van der Waals surface area contributed by atoms with Gasteiger partial charge in [0.25, 0.3) is 10.0 Å². The lowest BCUT2D eigenvalue weighted by atomic mass is 10.1. The van der Waals surface area contributed by atoms with Gasteiger partial charge in [-0.3, -0.25) is 4.79 Å². The van der Waals surface area contributed by atoms with Crippen molar-refractivity contribution in [3.05, 3.63) is 58.7 Å². The lowest BCUT2D eigenvalue weighted by molar-refractivity contribution is 0.101. The van der Waals surface area contributed by atoms with Crippen molar-refractivity contribution in [2.45, 2.75) is 11.8 Å². The fourth-order valence-electron chi connectivity index (χ4n) is 2.06. The Hall–Kier alpha value is -2.34. The summed E-state index contributed by atoms with van der Waals surface area (Å²) in [4.78, 5) is 16.0. The number of fused-ring (bicyclic) bond motifs is 2. The summed E-state index contributed by atoms with van der Waals surface area (Å²) in [6.07, 6.45) is 0. The summed E-state index contributed by atoms with van der Waals surface area (Å²) in [5.74, 6) is -0.236. The highest BCUT2D eigenvalue weighted by Gasteiger charge is 2.23. The number of carbonyl (C=O) groups is 1. The molecule has 0 spiro atoms. The summed E-state index contributed by atoms with van der Waals surface area (Å²) in [7, 11) is -3.87. The number of carbonyl (C=O) groups excluding carboxylic acids is 1. The van der Waals surface area contributed by atoms with Crippen LogP contribution in [0.1, 0.15) is 17.3 Å². The Labute approximate surface area is 115 Å². The maximum absolute atomic E-state index is 12.3. The number of rotatable bonds is 1. The molecule has 0 atom stereocenters. The number of para-hydroxylation sites is 2. The van der Waals surface area contributed by atoms with Crippen LogP contribution in [-0.2, 0) is 10.0 Å². The Bertz CT molecular complexity index is 947. The topological polar surface area (TPSA) is 75.9 Å². The zero-order chi connectivity index (χ0) is 14.3. The van der Waals surface area contributed by atoms with Gasteiger partial charge < -0.3 is 0 Å². The van der Waals surface area contributed by atoms with E-state index in [0.29, 0.717) is 5.36 Å². The first kappa shape index (κ1) is 12.7. The lowest BCUT2D eigenvalue weighted by Crippen LogP contribution is -2.24. The Morgan fingerprint density at radius 3 is 2.40 bits per heavy atom. The van der Waals surface area contributed by atoms with Crippen LogP contribution in [0.15, 0.2) is 56.8 Å². The van der Waals surface area contributed by atoms with Crippen LogP contribution in [0.25, 0.3) is 0 Å². The van der Waals surface area contributed by atoms with Crippen molar-refractivity contribution in [1.82, 2.24) is 0 Å². The van der Waals surface area contributed by atoms with E-state index in [1.165, 1.54) is 19.1 Å². The largest absolute Gasteiger partial charge is 0.294 e. The van der Waals surface area contributed by atoms with Crippen LogP contribution >= 0.6 is 0 Å². The first-order valence-electron chi connectivity index (χ1n) is 5.92. The van der Waals surface area contributed by atoms with E-state index in [4.69, 9.17) is 0 Å². The molecular weight excluding hydrogens is 276 g/mol. The van der Waals surface area contributed by atoms with Crippen molar-refractivity contribution in [3.63, 3.8) is 0 Å². The molecule has 0 bridgehead atoms. The van der Waals surface area contributed by atoms with Crippen molar-refractivity contribution < 1.29 is 13.2 Å². The van der Waals surface area contributed by atoms with E-state index in [1.807, 2.05) is 0 Å². The minimum atomic E-state index is -3.87. The molecule has 5 nitrogen and oxygen atoms in total. The van der Waals surface area contributed by atoms with Crippen molar-refractivity contribution >= 4 is 21.5 Å². The molecule has 0 amide bonds. The third-order valence-corrected chi connectivity index (χ3v) is 4.31. The minimum Gasteiger partial charge on any atom is -0.294 e. The Morgan fingerprint density at radius 2 is 1.70 bits per heavy atom. The molecule has 20 heavy (non-hydrogen) atoms. The predicted octanol–water partition coefficient (Wildman–Crippen LogP) is 1.16. The molecule has 0 radical (unpaired) electrons. The highest BCUT2D eigenvalue weighted by molar-refractivity contribution is 7.90. The first-order chi connectivity index (χ1) is 9.49. The number of nitrogens with zero attached hydrogens (tertiary/aromatic N) is 2. The van der Waals surface area contributed by atoms with E-state index in [1.54, 1.807) is 30.3 Å². The summed E-state index contributed by atoms with van der Waals surface area (Å²) in [6, 6.07) is 11.2. The molecule has 6 heteroatoms. The van der Waals surface area contributed by atoms with E-state index in [2.05, 4.69) is 9.39 Å². The fourth-order valence-corrected chi connectivity index (χ4v) is 3.23. The number of hydrogen-bond donors (Lipinski definition) is 0. The molecule has 0 aromatic heterocycles. The second-order valence-corrected chi connectivity index (χ2v) is 5.95. The molecule has 1 aliphatic heterocycles. The van der Waals surface area contributed by atoms with Gasteiger partial charge in [0.05, 0.1) is 11.0 Å². The Kier molecular flexibility index (Phi) is 2.76. The van der Waals surface area contributed by atoms with Gasteiger partial charge in [0.2, 0.25) is 0 Å². The van der Waals surface area contributed by atoms with E-state index >= 15 is 0 Å². The molecule has 0 fully saturated rings. The summed E-state index contributed by atoms with van der Waals surface area (Å²) >= 11 is 0. The first-order valence-corrected chi connectivity index (χ1v) is 7.36. The highest BCUT2D eigenvalue weighted by Crippen LogP contribution is 2.30. The average molecular weight is 286 g/mol. The van der Waals surface area contributed by atoms with Gasteiger partial charge in [-0.1, -0.05) is 18.2 Å². The molecule has 0 unspecified atom stereocenters. The van der Waals surface area contributed by atoms with E-state index in [9.17, 15) is 13.2 Å². The van der Waals surface area contributed by atoms with Gasteiger partial charge in [0.15, 0.2) is 5.78 Å². The van der Waals surface area contributed by atoms with Crippen molar-refractivity contribution in [3.8, 4) is 0 Å². The van der Waals surface area contributed by atoms with E-state index in [-0.39, 0.29) is 27.3 Å². The number of Topliss-reactive ketones (excluding diaryl/α,β-unsaturated/α-hetero) is 1. The Morgan fingerprint density at radius 1 is 1.00 bits per heavy atom. The van der Waals surface area contributed by atoms with Crippen LogP contribution in [0.2, 0.25) is 0 Å². The van der Waals surface area contributed by atoms with Crippen LogP contribution < -0.4 is 10.7 Å². The summed E-state index contributed by atoms with van der Waals surface area (Å²) in [6.45, 7) is 1.38. The fraction of sp³-hybridized carbons (Fsp3) is 0.0714. The van der Waals surface area contributed by atoms with Gasteiger partial charge >= 0.3 is 0 Å². The summed E-state index contributed by atoms with van der Waals surface area (Å²) in [5, 5.41) is 0.710. The standard InChI is InChI=1S/C14H10N2O3S/c1-9(17)10-5-4-8-13-14(10)15-11-6-2-3-7-12(11)16-20(13,18)19/h2-8H,1H3. The molecule has 0 N–H and O–H groups in total. The van der Waals surface area contributed by atoms with Crippen molar-refractivity contribution in [2.24, 2.45) is 9.39 Å².